The molecule has 5 heteroatoms. The summed E-state index contributed by atoms with van der Waals surface area (Å²) in [5.74, 6) is 0.940. The lowest BCUT2D eigenvalue weighted by molar-refractivity contribution is 0.0986. The van der Waals surface area contributed by atoms with Crippen LogP contribution in [-0.2, 0) is 0 Å². The van der Waals surface area contributed by atoms with Gasteiger partial charge in [-0.1, -0.05) is 30.3 Å². The van der Waals surface area contributed by atoms with Crippen molar-refractivity contribution < 1.29 is 4.79 Å². The second-order valence-electron chi connectivity index (χ2n) is 4.78. The summed E-state index contributed by atoms with van der Waals surface area (Å²) in [5, 5.41) is 5.31. The van der Waals surface area contributed by atoms with E-state index in [0.717, 1.165) is 27.2 Å². The van der Waals surface area contributed by atoms with Gasteiger partial charge in [0.1, 0.15) is 12.1 Å². The maximum absolute atomic E-state index is 12.0. The minimum Gasteiger partial charge on any atom is -0.368 e. The van der Waals surface area contributed by atoms with Crippen molar-refractivity contribution in [3.63, 3.8) is 0 Å². The zero-order chi connectivity index (χ0) is 14.7. The summed E-state index contributed by atoms with van der Waals surface area (Å²) in [4.78, 5) is 20.6. The van der Waals surface area contributed by atoms with Gasteiger partial charge in [0, 0.05) is 18.5 Å². The molecule has 3 rings (SSSR count). The summed E-state index contributed by atoms with van der Waals surface area (Å²) in [5.41, 5.74) is 2.88. The number of anilines is 1. The van der Waals surface area contributed by atoms with Crippen LogP contribution in [0.1, 0.15) is 22.3 Å². The molecule has 2 aromatic heterocycles. The highest BCUT2D eigenvalue weighted by Gasteiger charge is 2.09. The second-order valence-corrected chi connectivity index (χ2v) is 5.66. The topological polar surface area (TPSA) is 54.9 Å². The SMILES string of the molecule is Cc1csc2c(NCCC(=O)c3ccccc3)ncnc12. The van der Waals surface area contributed by atoms with Crippen LogP contribution in [0.4, 0.5) is 5.82 Å². The van der Waals surface area contributed by atoms with E-state index in [1.165, 1.54) is 0 Å². The van der Waals surface area contributed by atoms with Crippen LogP contribution in [0, 0.1) is 6.92 Å². The number of aryl methyl sites for hydroxylation is 1. The number of nitrogens with zero attached hydrogens (tertiary/aromatic N) is 2. The minimum atomic E-state index is 0.135. The Morgan fingerprint density at radius 3 is 2.86 bits per heavy atom. The highest BCUT2D eigenvalue weighted by molar-refractivity contribution is 7.18. The van der Waals surface area contributed by atoms with Crippen LogP contribution in [0.5, 0.6) is 0 Å². The Bertz CT molecular complexity index is 768. The number of hydrogen-bond donors (Lipinski definition) is 1. The van der Waals surface area contributed by atoms with Crippen LogP contribution < -0.4 is 5.32 Å². The van der Waals surface area contributed by atoms with E-state index in [-0.39, 0.29) is 5.78 Å². The molecule has 0 saturated carbocycles. The predicted molar refractivity (Wildman–Crippen MR) is 86.0 cm³/mol. The van der Waals surface area contributed by atoms with Gasteiger partial charge in [-0.05, 0) is 17.9 Å². The summed E-state index contributed by atoms with van der Waals surface area (Å²) in [6, 6.07) is 9.35. The number of fused-ring (bicyclic) bond motifs is 1. The number of carbonyl (C=O) groups excluding carboxylic acids is 1. The van der Waals surface area contributed by atoms with E-state index in [0.29, 0.717) is 13.0 Å². The Hall–Kier alpha value is -2.27. The predicted octanol–water partition coefficient (Wildman–Crippen LogP) is 3.68. The highest BCUT2D eigenvalue weighted by Crippen LogP contribution is 2.28. The zero-order valence-electron chi connectivity index (χ0n) is 11.7. The Balaban J connectivity index is 1.66. The maximum atomic E-state index is 12.0. The van der Waals surface area contributed by atoms with Gasteiger partial charge in [0.15, 0.2) is 5.78 Å². The molecule has 3 aromatic rings. The molecule has 0 unspecified atom stereocenters. The van der Waals surface area contributed by atoms with Crippen LogP contribution in [-0.4, -0.2) is 22.3 Å². The van der Waals surface area contributed by atoms with Gasteiger partial charge < -0.3 is 5.32 Å². The first-order chi connectivity index (χ1) is 10.3. The van der Waals surface area contributed by atoms with Crippen molar-refractivity contribution in [1.82, 2.24) is 9.97 Å². The lowest BCUT2D eigenvalue weighted by atomic mass is 10.1. The molecular weight excluding hydrogens is 282 g/mol. The lowest BCUT2D eigenvalue weighted by Gasteiger charge is -2.06. The van der Waals surface area contributed by atoms with Gasteiger partial charge in [-0.25, -0.2) is 9.97 Å². The molecule has 4 nitrogen and oxygen atoms in total. The van der Waals surface area contributed by atoms with Crippen LogP contribution in [0.15, 0.2) is 42.0 Å². The van der Waals surface area contributed by atoms with Crippen molar-refractivity contribution in [1.29, 1.82) is 0 Å². The molecule has 0 bridgehead atoms. The Morgan fingerprint density at radius 2 is 2.05 bits per heavy atom. The van der Waals surface area contributed by atoms with Gasteiger partial charge in [0.2, 0.25) is 0 Å². The van der Waals surface area contributed by atoms with E-state index in [9.17, 15) is 4.79 Å². The normalized spacial score (nSPS) is 10.7. The fourth-order valence-electron chi connectivity index (χ4n) is 2.16. The fraction of sp³-hybridized carbons (Fsp3) is 0.188. The van der Waals surface area contributed by atoms with Crippen molar-refractivity contribution in [3.8, 4) is 0 Å². The van der Waals surface area contributed by atoms with Gasteiger partial charge >= 0.3 is 0 Å². The van der Waals surface area contributed by atoms with E-state index >= 15 is 0 Å². The van der Waals surface area contributed by atoms with E-state index < -0.39 is 0 Å². The Kier molecular flexibility index (Phi) is 3.92. The van der Waals surface area contributed by atoms with Gasteiger partial charge in [-0.15, -0.1) is 11.3 Å². The van der Waals surface area contributed by atoms with E-state index in [1.807, 2.05) is 37.3 Å². The third-order valence-corrected chi connectivity index (χ3v) is 4.36. The average molecular weight is 297 g/mol. The van der Waals surface area contributed by atoms with Gasteiger partial charge in [0.05, 0.1) is 10.2 Å². The first kappa shape index (κ1) is 13.7. The molecule has 0 amide bonds. The third-order valence-electron chi connectivity index (χ3n) is 3.27. The van der Waals surface area contributed by atoms with E-state index in [1.54, 1.807) is 17.7 Å². The molecule has 2 heterocycles. The number of ketones is 1. The van der Waals surface area contributed by atoms with Crippen LogP contribution >= 0.6 is 11.3 Å². The number of Topliss-reactive ketones (excluding diaryl/α,β-unsaturated/α-hetero) is 1. The molecule has 0 fully saturated rings. The molecule has 0 aliphatic heterocycles. The van der Waals surface area contributed by atoms with Crippen molar-refractivity contribution in [2.24, 2.45) is 0 Å². The van der Waals surface area contributed by atoms with Crippen LogP contribution in [0.2, 0.25) is 0 Å². The monoisotopic (exact) mass is 297 g/mol. The van der Waals surface area contributed by atoms with Gasteiger partial charge in [0.25, 0.3) is 0 Å². The Morgan fingerprint density at radius 1 is 1.24 bits per heavy atom. The lowest BCUT2D eigenvalue weighted by Crippen LogP contribution is -2.09. The van der Waals surface area contributed by atoms with Crippen molar-refractivity contribution >= 4 is 33.2 Å². The molecule has 0 atom stereocenters. The fourth-order valence-corrected chi connectivity index (χ4v) is 3.13. The first-order valence-corrected chi connectivity index (χ1v) is 7.64. The summed E-state index contributed by atoms with van der Waals surface area (Å²) >= 11 is 1.62. The van der Waals surface area contributed by atoms with Crippen molar-refractivity contribution in [3.05, 3.63) is 53.2 Å². The molecule has 1 aromatic carbocycles. The number of hydrogen-bond acceptors (Lipinski definition) is 5. The summed E-state index contributed by atoms with van der Waals surface area (Å²) in [7, 11) is 0. The van der Waals surface area contributed by atoms with Crippen molar-refractivity contribution in [2.75, 3.05) is 11.9 Å². The van der Waals surface area contributed by atoms with Gasteiger partial charge in [-0.3, -0.25) is 4.79 Å². The van der Waals surface area contributed by atoms with Gasteiger partial charge in [-0.2, -0.15) is 0 Å². The Labute approximate surface area is 126 Å². The molecule has 0 spiro atoms. The number of nitrogens with one attached hydrogen (secondary N) is 1. The summed E-state index contributed by atoms with van der Waals surface area (Å²) in [6.45, 7) is 2.60. The summed E-state index contributed by atoms with van der Waals surface area (Å²) in [6.07, 6.45) is 2.00. The molecule has 0 radical (unpaired) electrons. The maximum Gasteiger partial charge on any atom is 0.164 e. The number of carbonyl (C=O) groups is 1. The standard InChI is InChI=1S/C16H15N3OS/c1-11-9-21-15-14(11)18-10-19-16(15)17-8-7-13(20)12-5-3-2-4-6-12/h2-6,9-10H,7-8H2,1H3,(H,17,18,19). The zero-order valence-corrected chi connectivity index (χ0v) is 12.5. The molecule has 21 heavy (non-hydrogen) atoms. The van der Waals surface area contributed by atoms with Crippen LogP contribution in [0.3, 0.4) is 0 Å². The quantitative estimate of drug-likeness (QED) is 0.730. The number of benzene rings is 1. The molecule has 106 valence electrons. The molecule has 0 aliphatic carbocycles. The molecule has 1 N–H and O–H groups in total. The number of thiophene rings is 1. The van der Waals surface area contributed by atoms with E-state index in [2.05, 4.69) is 20.7 Å². The van der Waals surface area contributed by atoms with E-state index in [4.69, 9.17) is 0 Å². The third kappa shape index (κ3) is 2.92. The second kappa shape index (κ2) is 6.01. The number of rotatable bonds is 5. The smallest absolute Gasteiger partial charge is 0.164 e. The number of aromatic nitrogens is 2. The molecular formula is C16H15N3OS. The van der Waals surface area contributed by atoms with Crippen molar-refractivity contribution in [2.45, 2.75) is 13.3 Å². The largest absolute Gasteiger partial charge is 0.368 e. The minimum absolute atomic E-state index is 0.135. The molecule has 0 aliphatic rings. The highest BCUT2D eigenvalue weighted by atomic mass is 32.1. The molecule has 0 saturated heterocycles. The first-order valence-electron chi connectivity index (χ1n) is 6.76. The summed E-state index contributed by atoms with van der Waals surface area (Å²) < 4.78 is 1.04. The average Bonchev–Trinajstić information content (AvgIpc) is 2.91. The van der Waals surface area contributed by atoms with Crippen LogP contribution in [0.25, 0.3) is 10.2 Å².